The second-order valence-corrected chi connectivity index (χ2v) is 21.5. The molecule has 4 aromatic carbocycles. The third-order valence-corrected chi connectivity index (χ3v) is 14.1. The van der Waals surface area contributed by atoms with Crippen molar-refractivity contribution in [2.45, 2.75) is 111 Å². The van der Waals surface area contributed by atoms with E-state index in [1.54, 1.807) is 49.8 Å². The van der Waals surface area contributed by atoms with E-state index in [0.29, 0.717) is 56.6 Å². The van der Waals surface area contributed by atoms with Crippen LogP contribution in [0.2, 0.25) is 0 Å². The first-order chi connectivity index (χ1) is 30.0. The molecule has 4 rings (SSSR count). The molecule has 67 heavy (non-hydrogen) atoms. The molecule has 0 amide bonds. The van der Waals surface area contributed by atoms with Crippen molar-refractivity contribution in [1.29, 1.82) is 0 Å². The molecule has 0 spiro atoms. The lowest BCUT2D eigenvalue weighted by atomic mass is 9.87. The molecule has 12 nitrogen and oxygen atoms in total. The number of rotatable bonds is 21. The maximum Gasteiger partial charge on any atom is 0.540 e. The minimum Gasteiger partial charge on any atom is -0.493 e. The lowest BCUT2D eigenvalue weighted by molar-refractivity contribution is 0.0537. The summed E-state index contributed by atoms with van der Waals surface area (Å²) in [7, 11) is 5.96. The van der Waals surface area contributed by atoms with Gasteiger partial charge in [-0.3, -0.25) is 0 Å². The summed E-state index contributed by atoms with van der Waals surface area (Å²) >= 11 is 0. The topological polar surface area (TPSA) is 111 Å². The molecule has 0 heterocycles. The Hall–Kier alpha value is -3.81. The van der Waals surface area contributed by atoms with Crippen molar-refractivity contribution in [3.8, 4) is 23.0 Å². The summed E-state index contributed by atoms with van der Waals surface area (Å²) in [4.78, 5) is 0. The van der Waals surface area contributed by atoms with E-state index in [9.17, 15) is 0 Å². The molecule has 0 bridgehead atoms. The average Bonchev–Trinajstić information content (AvgIpc) is 3.27. The highest BCUT2D eigenvalue weighted by atomic mass is 28.4. The zero-order valence-corrected chi connectivity index (χ0v) is 43.1. The predicted molar refractivity (Wildman–Crippen MR) is 283 cm³/mol. The van der Waals surface area contributed by atoms with Crippen LogP contribution in [0.1, 0.15) is 109 Å². The summed E-state index contributed by atoms with van der Waals surface area (Å²) in [6.45, 7) is 22.1. The Balaban J connectivity index is -0.000000403. The van der Waals surface area contributed by atoms with Gasteiger partial charge < -0.3 is 55.0 Å². The van der Waals surface area contributed by atoms with Gasteiger partial charge in [0.05, 0.1) is 34.0 Å². The van der Waals surface area contributed by atoms with Crippen LogP contribution in [0.4, 0.5) is 0 Å². The van der Waals surface area contributed by atoms with Gasteiger partial charge in [-0.2, -0.15) is 0 Å². The quantitative estimate of drug-likeness (QED) is 0.0741. The van der Waals surface area contributed by atoms with E-state index in [4.69, 9.17) is 55.0 Å². The molecule has 0 unspecified atom stereocenters. The Morgan fingerprint density at radius 1 is 0.463 bits per heavy atom. The average molecular weight is 979 g/mol. The highest BCUT2D eigenvalue weighted by Gasteiger charge is 2.42. The van der Waals surface area contributed by atoms with Crippen LogP contribution in [0, 0.1) is 5.41 Å². The molecule has 0 radical (unpaired) electrons. The van der Waals surface area contributed by atoms with Crippen molar-refractivity contribution in [2.24, 2.45) is 5.41 Å². The van der Waals surface area contributed by atoms with Crippen LogP contribution in [0.5, 0.6) is 23.0 Å². The van der Waals surface area contributed by atoms with Gasteiger partial charge in [-0.25, -0.2) is 0 Å². The molecule has 0 aliphatic heterocycles. The normalized spacial score (nSPS) is 10.8. The molecule has 0 saturated carbocycles. The monoisotopic (exact) mass is 979 g/mol. The number of hydrogen-bond donors (Lipinski definition) is 0. The summed E-state index contributed by atoms with van der Waals surface area (Å²) < 4.78 is 65.9. The van der Waals surface area contributed by atoms with E-state index < -0.39 is 17.6 Å². The molecule has 0 fully saturated rings. The summed E-state index contributed by atoms with van der Waals surface area (Å²) in [5.74, 6) is 2.81. The highest BCUT2D eigenvalue weighted by molar-refractivity contribution is 6.75. The Labute approximate surface area is 411 Å². The summed E-state index contributed by atoms with van der Waals surface area (Å²) in [5, 5.41) is 0.975. The molecule has 386 valence electrons. The summed E-state index contributed by atoms with van der Waals surface area (Å²) in [6.07, 6.45) is 0.239. The fourth-order valence-electron chi connectivity index (χ4n) is 5.73. The minimum absolute atomic E-state index is 0. The largest absolute Gasteiger partial charge is 0.540 e. The molecule has 14 heteroatoms. The Morgan fingerprint density at radius 2 is 0.851 bits per heavy atom. The van der Waals surface area contributed by atoms with Crippen LogP contribution in [0.15, 0.2) is 97.1 Å². The van der Waals surface area contributed by atoms with E-state index >= 15 is 0 Å². The molecule has 0 saturated heterocycles. The number of methoxy groups -OCH3 is 4. The standard InChI is InChI=1S/C16H28O6Si.C14H22O3.C10H14.C9H14O3Si.4CH4/c1-6-20-23(21-7-2,22-8-3)13-19-15-10-9-14(12-17-4)11-16(15)18-5;1-14(2,3)10-17-12-7-6-11(9-15-4)8-13(12)16-5;1-10(2,3)9-7-5-4-6-8-9;1-10-13(11-2,12-3)9-7-5-4-6-8-9;;;;/h9-11H,6-8,12-13H2,1-5H3;6-8H,9-10H2,1-5H3;4-8H,1-3H3;4-8H,1-3H3;4*1H4. The van der Waals surface area contributed by atoms with E-state index in [-0.39, 0.29) is 41.4 Å². The SMILES string of the molecule is C.C.C.C.CC(C)(C)c1ccccc1.CCO[Si](COc1ccc(COC)cc1OC)(OCC)OCC.COCc1ccc(OCC(C)(C)C)c(OC)c1.CO[Si](OC)(OC)c1ccccc1. The molecule has 0 atom stereocenters. The van der Waals surface area contributed by atoms with Crippen LogP contribution in [-0.4, -0.2) is 100 Å². The maximum atomic E-state index is 5.91. The first-order valence-corrected chi connectivity index (χ1v) is 24.9. The lowest BCUT2D eigenvalue weighted by Gasteiger charge is -2.28. The second-order valence-electron chi connectivity index (χ2n) is 16.1. The molecular weight excluding hydrogens is 885 g/mol. The van der Waals surface area contributed by atoms with E-state index in [1.165, 1.54) is 5.56 Å². The Kier molecular flexibility index (Phi) is 38.7. The van der Waals surface area contributed by atoms with Crippen LogP contribution >= 0.6 is 0 Å². The van der Waals surface area contributed by atoms with Gasteiger partial charge in [0, 0.05) is 60.6 Å². The first kappa shape index (κ1) is 69.8. The maximum absolute atomic E-state index is 5.91. The van der Waals surface area contributed by atoms with Gasteiger partial charge in [-0.05, 0) is 72.6 Å². The molecule has 0 aliphatic rings. The van der Waals surface area contributed by atoms with Gasteiger partial charge in [-0.15, -0.1) is 0 Å². The minimum atomic E-state index is -2.85. The van der Waals surface area contributed by atoms with Gasteiger partial charge >= 0.3 is 17.6 Å². The van der Waals surface area contributed by atoms with E-state index in [0.717, 1.165) is 27.8 Å². The molecule has 0 aromatic heterocycles. The fourth-order valence-corrected chi connectivity index (χ4v) is 9.69. The molecule has 4 aromatic rings. The summed E-state index contributed by atoms with van der Waals surface area (Å²) in [5.41, 5.74) is 3.92. The summed E-state index contributed by atoms with van der Waals surface area (Å²) in [6, 6.07) is 31.8. The number of ether oxygens (including phenoxy) is 6. The third kappa shape index (κ3) is 25.9. The fraction of sp³-hybridized carbons (Fsp3) is 0.547. The number of hydrogen-bond acceptors (Lipinski definition) is 12. The van der Waals surface area contributed by atoms with Gasteiger partial charge in [0.15, 0.2) is 29.2 Å². The zero-order valence-electron chi connectivity index (χ0n) is 41.1. The Morgan fingerprint density at radius 3 is 1.16 bits per heavy atom. The predicted octanol–water partition coefficient (Wildman–Crippen LogP) is 12.4. The highest BCUT2D eigenvalue weighted by Crippen LogP contribution is 2.31. The van der Waals surface area contributed by atoms with Crippen LogP contribution in [0.25, 0.3) is 0 Å². The van der Waals surface area contributed by atoms with Gasteiger partial charge in [0.1, 0.15) is 0 Å². The van der Waals surface area contributed by atoms with Crippen molar-refractivity contribution in [1.82, 2.24) is 0 Å². The van der Waals surface area contributed by atoms with Crippen molar-refractivity contribution < 1.29 is 55.0 Å². The molecule has 0 N–H and O–H groups in total. The van der Waals surface area contributed by atoms with E-state index in [2.05, 4.69) is 71.9 Å². The smallest absolute Gasteiger partial charge is 0.493 e. The van der Waals surface area contributed by atoms with Gasteiger partial charge in [0.25, 0.3) is 0 Å². The van der Waals surface area contributed by atoms with Gasteiger partial charge in [0.2, 0.25) is 0 Å². The van der Waals surface area contributed by atoms with Crippen LogP contribution in [-0.2, 0) is 54.7 Å². The first-order valence-electron chi connectivity index (χ1n) is 21.3. The van der Waals surface area contributed by atoms with E-state index in [1.807, 2.05) is 87.5 Å². The second kappa shape index (κ2) is 37.1. The van der Waals surface area contributed by atoms with Crippen molar-refractivity contribution in [3.63, 3.8) is 0 Å². The lowest BCUT2D eigenvalue weighted by Crippen LogP contribution is -2.54. The Bertz CT molecular complexity index is 1740. The third-order valence-electron chi connectivity index (χ3n) is 8.81. The van der Waals surface area contributed by atoms with Crippen molar-refractivity contribution >= 4 is 22.8 Å². The molecular formula is C53H94O12Si2. The van der Waals surface area contributed by atoms with Crippen molar-refractivity contribution in [2.75, 3.05) is 82.4 Å². The van der Waals surface area contributed by atoms with Crippen molar-refractivity contribution in [3.05, 3.63) is 114 Å². The van der Waals surface area contributed by atoms with Crippen LogP contribution < -0.4 is 24.1 Å². The van der Waals surface area contributed by atoms with Crippen LogP contribution in [0.3, 0.4) is 0 Å². The molecule has 0 aliphatic carbocycles. The zero-order chi connectivity index (χ0) is 47.4. The number of benzene rings is 4. The van der Waals surface area contributed by atoms with Gasteiger partial charge in [-0.1, -0.05) is 144 Å².